The molecule has 2 saturated heterocycles. The average Bonchev–Trinajstić information content (AvgIpc) is 3.35. The summed E-state index contributed by atoms with van der Waals surface area (Å²) >= 11 is 3.47. The molecule has 8 nitrogen and oxygen atoms in total. The fourth-order valence-corrected chi connectivity index (χ4v) is 8.21. The molecule has 2 fully saturated rings. The predicted molar refractivity (Wildman–Crippen MR) is 147 cm³/mol. The number of rotatable bonds is 5. The van der Waals surface area contributed by atoms with E-state index in [4.69, 9.17) is 0 Å². The third-order valence-electron chi connectivity index (χ3n) is 7.70. The number of sulfonamides is 1. The highest BCUT2D eigenvalue weighted by Gasteiger charge is 2.37. The number of piperidine rings is 1. The van der Waals surface area contributed by atoms with Crippen LogP contribution in [0.25, 0.3) is 0 Å². The molecule has 5 rings (SSSR count). The lowest BCUT2D eigenvalue weighted by atomic mass is 9.97. The molecule has 3 aliphatic rings. The number of piperazine rings is 1. The van der Waals surface area contributed by atoms with Gasteiger partial charge in [0.1, 0.15) is 0 Å². The Morgan fingerprint density at radius 1 is 1.00 bits per heavy atom. The summed E-state index contributed by atoms with van der Waals surface area (Å²) in [6.45, 7) is 5.73. The maximum absolute atomic E-state index is 13.8. The topological polar surface area (TPSA) is 81.2 Å². The third kappa shape index (κ3) is 5.15. The second-order valence-electron chi connectivity index (χ2n) is 9.91. The van der Waals surface area contributed by atoms with Gasteiger partial charge in [0.2, 0.25) is 21.8 Å². The van der Waals surface area contributed by atoms with Crippen molar-refractivity contribution in [1.82, 2.24) is 9.21 Å². The summed E-state index contributed by atoms with van der Waals surface area (Å²) in [6, 6.07) is 13.6. The van der Waals surface area contributed by atoms with Crippen LogP contribution in [0.4, 0.5) is 11.4 Å². The van der Waals surface area contributed by atoms with Crippen LogP contribution in [0.2, 0.25) is 0 Å². The van der Waals surface area contributed by atoms with E-state index in [1.165, 1.54) is 4.31 Å². The summed E-state index contributed by atoms with van der Waals surface area (Å²) in [4.78, 5) is 31.8. The van der Waals surface area contributed by atoms with E-state index in [-0.39, 0.29) is 29.2 Å². The van der Waals surface area contributed by atoms with Gasteiger partial charge in [-0.25, -0.2) is 8.42 Å². The molecule has 198 valence electrons. The molecule has 2 aromatic carbocycles. The first kappa shape index (κ1) is 26.2. The molecule has 0 saturated carbocycles. The van der Waals surface area contributed by atoms with E-state index in [1.807, 2.05) is 36.1 Å². The van der Waals surface area contributed by atoms with Crippen molar-refractivity contribution in [3.63, 3.8) is 0 Å². The van der Waals surface area contributed by atoms with Gasteiger partial charge in [-0.3, -0.25) is 9.59 Å². The fourth-order valence-electron chi connectivity index (χ4n) is 5.62. The summed E-state index contributed by atoms with van der Waals surface area (Å²) in [6.07, 6.45) is 2.40. The maximum atomic E-state index is 13.8. The highest BCUT2D eigenvalue weighted by molar-refractivity contribution is 9.10. The number of anilines is 2. The lowest BCUT2D eigenvalue weighted by Crippen LogP contribution is -2.53. The van der Waals surface area contributed by atoms with Gasteiger partial charge in [-0.05, 0) is 65.0 Å². The molecule has 1 atom stereocenters. The van der Waals surface area contributed by atoms with Crippen molar-refractivity contribution in [3.05, 3.63) is 52.5 Å². The lowest BCUT2D eigenvalue weighted by molar-refractivity contribution is -0.137. The first-order valence-electron chi connectivity index (χ1n) is 13.0. The van der Waals surface area contributed by atoms with E-state index in [9.17, 15) is 18.0 Å². The van der Waals surface area contributed by atoms with Gasteiger partial charge < -0.3 is 14.7 Å². The van der Waals surface area contributed by atoms with Crippen molar-refractivity contribution in [2.75, 3.05) is 55.6 Å². The van der Waals surface area contributed by atoms with Crippen LogP contribution in [0.15, 0.2) is 51.8 Å². The molecular weight excluding hydrogens is 556 g/mol. The minimum Gasteiger partial charge on any atom is -0.368 e. The quantitative estimate of drug-likeness (QED) is 0.534. The van der Waals surface area contributed by atoms with Gasteiger partial charge in [0.15, 0.2) is 0 Å². The Hall–Kier alpha value is -2.43. The number of hydrogen-bond acceptors (Lipinski definition) is 5. The zero-order chi connectivity index (χ0) is 26.2. The number of fused-ring (bicyclic) bond motifs is 1. The third-order valence-corrected chi connectivity index (χ3v) is 10.5. The number of hydrogen-bond donors (Lipinski definition) is 0. The van der Waals surface area contributed by atoms with Crippen LogP contribution in [0.5, 0.6) is 0 Å². The van der Waals surface area contributed by atoms with E-state index >= 15 is 0 Å². The minimum atomic E-state index is -3.84. The molecule has 0 unspecified atom stereocenters. The van der Waals surface area contributed by atoms with Crippen LogP contribution in [-0.2, 0) is 26.0 Å². The lowest BCUT2D eigenvalue weighted by Gasteiger charge is -2.39. The zero-order valence-corrected chi connectivity index (χ0v) is 23.5. The van der Waals surface area contributed by atoms with Gasteiger partial charge in [-0.1, -0.05) is 25.1 Å². The van der Waals surface area contributed by atoms with E-state index in [2.05, 4.69) is 33.0 Å². The SMILES string of the molecule is CCC(=O)N1CCc2cc(Br)c(S(=O)(=O)N3CCC[C@H](C(=O)N4CCN(c5ccccc5)CC4)C3)cc21. The fraction of sp³-hybridized carbons (Fsp3) is 0.481. The number of halogens is 1. The van der Waals surface area contributed by atoms with Gasteiger partial charge in [0.25, 0.3) is 0 Å². The van der Waals surface area contributed by atoms with E-state index in [0.29, 0.717) is 62.0 Å². The van der Waals surface area contributed by atoms with Crippen LogP contribution in [0, 0.1) is 5.92 Å². The summed E-state index contributed by atoms with van der Waals surface area (Å²) < 4.78 is 29.5. The van der Waals surface area contributed by atoms with Crippen molar-refractivity contribution in [1.29, 1.82) is 0 Å². The first-order valence-corrected chi connectivity index (χ1v) is 15.2. The van der Waals surface area contributed by atoms with Crippen molar-refractivity contribution in [3.8, 4) is 0 Å². The smallest absolute Gasteiger partial charge is 0.244 e. The second-order valence-corrected chi connectivity index (χ2v) is 12.7. The number of carbonyl (C=O) groups is 2. The molecule has 3 heterocycles. The molecule has 0 spiro atoms. The maximum Gasteiger partial charge on any atom is 0.244 e. The number of carbonyl (C=O) groups excluding carboxylic acids is 2. The normalized spacial score (nSPS) is 20.7. The molecule has 0 aliphatic carbocycles. The van der Waals surface area contributed by atoms with E-state index < -0.39 is 10.0 Å². The Morgan fingerprint density at radius 3 is 2.43 bits per heavy atom. The summed E-state index contributed by atoms with van der Waals surface area (Å²) in [5.41, 5.74) is 2.80. The number of amides is 2. The van der Waals surface area contributed by atoms with Crippen LogP contribution < -0.4 is 9.80 Å². The minimum absolute atomic E-state index is 0.0135. The first-order chi connectivity index (χ1) is 17.8. The number of benzene rings is 2. The van der Waals surface area contributed by atoms with Crippen molar-refractivity contribution in [2.24, 2.45) is 5.92 Å². The van der Waals surface area contributed by atoms with Crippen LogP contribution in [-0.4, -0.2) is 75.3 Å². The van der Waals surface area contributed by atoms with Crippen LogP contribution in [0.3, 0.4) is 0 Å². The molecule has 37 heavy (non-hydrogen) atoms. The Bertz CT molecular complexity index is 1280. The zero-order valence-electron chi connectivity index (χ0n) is 21.1. The molecule has 0 aromatic heterocycles. The van der Waals surface area contributed by atoms with Gasteiger partial charge in [-0.2, -0.15) is 4.31 Å². The molecule has 0 bridgehead atoms. The standard InChI is InChI=1S/C27H33BrN4O4S/c1-2-26(33)32-12-10-20-17-23(28)25(18-24(20)32)37(35,36)31-11-6-7-21(19-31)27(34)30-15-13-29(14-16-30)22-8-4-3-5-9-22/h3-5,8-9,17-18,21H,2,6-7,10-16,19H2,1H3/t21-/m0/s1. The predicted octanol–water partition coefficient (Wildman–Crippen LogP) is 3.50. The van der Waals surface area contributed by atoms with Crippen molar-refractivity contribution in [2.45, 2.75) is 37.5 Å². The number of nitrogens with zero attached hydrogens (tertiary/aromatic N) is 4. The highest BCUT2D eigenvalue weighted by Crippen LogP contribution is 2.37. The number of para-hydroxylation sites is 1. The molecule has 3 aliphatic heterocycles. The summed E-state index contributed by atoms with van der Waals surface area (Å²) in [7, 11) is -3.84. The largest absolute Gasteiger partial charge is 0.368 e. The second kappa shape index (κ2) is 10.7. The Morgan fingerprint density at radius 2 is 1.73 bits per heavy atom. The van der Waals surface area contributed by atoms with Crippen LogP contribution >= 0.6 is 15.9 Å². The van der Waals surface area contributed by atoms with Gasteiger partial charge >= 0.3 is 0 Å². The molecule has 0 N–H and O–H groups in total. The van der Waals surface area contributed by atoms with Gasteiger partial charge in [0, 0.05) is 68.1 Å². The van der Waals surface area contributed by atoms with Gasteiger partial charge in [0.05, 0.1) is 10.8 Å². The van der Waals surface area contributed by atoms with E-state index in [0.717, 1.165) is 24.3 Å². The molecular formula is C27H33BrN4O4S. The van der Waals surface area contributed by atoms with E-state index in [1.54, 1.807) is 11.0 Å². The highest BCUT2D eigenvalue weighted by atomic mass is 79.9. The van der Waals surface area contributed by atoms with Crippen molar-refractivity contribution >= 4 is 49.1 Å². The molecule has 2 aromatic rings. The Balaban J connectivity index is 1.29. The monoisotopic (exact) mass is 588 g/mol. The average molecular weight is 590 g/mol. The Labute approximate surface area is 227 Å². The van der Waals surface area contributed by atoms with Crippen LogP contribution in [0.1, 0.15) is 31.7 Å². The Kier molecular flexibility index (Phi) is 7.60. The summed E-state index contributed by atoms with van der Waals surface area (Å²) in [5.74, 6) is -0.320. The van der Waals surface area contributed by atoms with Gasteiger partial charge in [-0.15, -0.1) is 0 Å². The molecule has 10 heteroatoms. The summed E-state index contributed by atoms with van der Waals surface area (Å²) in [5, 5.41) is 0. The van der Waals surface area contributed by atoms with Crippen molar-refractivity contribution < 1.29 is 18.0 Å². The molecule has 2 amide bonds. The molecule has 0 radical (unpaired) electrons.